The van der Waals surface area contributed by atoms with Crippen molar-refractivity contribution in [2.24, 2.45) is 0 Å². The molecule has 3 aromatic carbocycles. The summed E-state index contributed by atoms with van der Waals surface area (Å²) in [4.78, 5) is 12.9. The number of hydrogen-bond acceptors (Lipinski definition) is 7. The van der Waals surface area contributed by atoms with E-state index >= 15 is 0 Å². The Balaban J connectivity index is 1.67. The van der Waals surface area contributed by atoms with E-state index in [1.165, 1.54) is 11.1 Å². The second kappa shape index (κ2) is 10.5. The number of carbonyl (C=O) groups is 1. The summed E-state index contributed by atoms with van der Waals surface area (Å²) in [7, 11) is 0.459. The van der Waals surface area contributed by atoms with Gasteiger partial charge in [0.1, 0.15) is 0 Å². The number of methoxy groups -OCH3 is 3. The fraction of sp³-hybridized carbons (Fsp3) is 0.242. The van der Waals surface area contributed by atoms with Crippen LogP contribution in [-0.4, -0.2) is 44.4 Å². The molecule has 2 aromatic heterocycles. The number of ether oxygens (including phenoxy) is 4. The average Bonchev–Trinajstić information content (AvgIpc) is 3.52. The highest BCUT2D eigenvalue weighted by Crippen LogP contribution is 2.52. The monoisotopic (exact) mass is 600 g/mol. The molecule has 43 heavy (non-hydrogen) atoms. The molecular formula is C33H32N2O7S. The summed E-state index contributed by atoms with van der Waals surface area (Å²) in [6.45, 7) is 5.95. The van der Waals surface area contributed by atoms with Gasteiger partial charge in [0.05, 0.1) is 37.4 Å². The average molecular weight is 601 g/mol. The molecule has 0 saturated heterocycles. The first-order chi connectivity index (χ1) is 20.6. The molecule has 0 saturated carbocycles. The number of hydrogen-bond donors (Lipinski definition) is 0. The number of fused-ring (bicyclic) bond motifs is 4. The molecule has 10 heteroatoms. The van der Waals surface area contributed by atoms with Crippen molar-refractivity contribution in [3.8, 4) is 39.6 Å². The van der Waals surface area contributed by atoms with Crippen molar-refractivity contribution in [1.29, 1.82) is 0 Å². The van der Waals surface area contributed by atoms with Gasteiger partial charge in [-0.2, -0.15) is 0 Å². The Morgan fingerprint density at radius 1 is 0.907 bits per heavy atom. The van der Waals surface area contributed by atoms with E-state index in [1.54, 1.807) is 56.8 Å². The van der Waals surface area contributed by atoms with Crippen LogP contribution in [-0.2, 0) is 21.2 Å². The van der Waals surface area contributed by atoms with Crippen LogP contribution in [0.15, 0.2) is 71.8 Å². The molecule has 0 N–H and O–H groups in total. The van der Waals surface area contributed by atoms with E-state index in [0.29, 0.717) is 45.6 Å². The summed E-state index contributed by atoms with van der Waals surface area (Å²) in [6.07, 6.45) is 1.42. The SMILES string of the molecule is COC(=O)Oc1c(-c2cn(S(=O)(=O)c3ccc(C)cc3)c3ccccc23)c(C)n2c1-c1cc(OC)c(OC)cc1CC2C. The van der Waals surface area contributed by atoms with Gasteiger partial charge in [-0.3, -0.25) is 0 Å². The maximum atomic E-state index is 14.0. The van der Waals surface area contributed by atoms with E-state index in [-0.39, 0.29) is 16.7 Å². The number of para-hydroxylation sites is 1. The molecule has 5 aromatic rings. The third kappa shape index (κ3) is 4.44. The van der Waals surface area contributed by atoms with E-state index in [4.69, 9.17) is 18.9 Å². The molecule has 1 aliphatic heterocycles. The fourth-order valence-electron chi connectivity index (χ4n) is 6.12. The summed E-state index contributed by atoms with van der Waals surface area (Å²) in [5, 5.41) is 0.694. The van der Waals surface area contributed by atoms with Gasteiger partial charge in [0, 0.05) is 40.0 Å². The molecule has 0 amide bonds. The lowest BCUT2D eigenvalue weighted by Crippen LogP contribution is -2.18. The first-order valence-corrected chi connectivity index (χ1v) is 15.2. The highest BCUT2D eigenvalue weighted by atomic mass is 32.2. The van der Waals surface area contributed by atoms with Crippen molar-refractivity contribution in [3.05, 3.63) is 83.7 Å². The van der Waals surface area contributed by atoms with E-state index < -0.39 is 16.2 Å². The molecule has 1 unspecified atom stereocenters. The third-order valence-electron chi connectivity index (χ3n) is 8.10. The maximum absolute atomic E-state index is 14.0. The van der Waals surface area contributed by atoms with E-state index in [0.717, 1.165) is 22.4 Å². The zero-order valence-corrected chi connectivity index (χ0v) is 25.6. The van der Waals surface area contributed by atoms with Crippen LogP contribution in [0.4, 0.5) is 4.79 Å². The van der Waals surface area contributed by atoms with Crippen molar-refractivity contribution in [2.75, 3.05) is 21.3 Å². The predicted molar refractivity (Wildman–Crippen MR) is 164 cm³/mol. The minimum Gasteiger partial charge on any atom is -0.493 e. The molecule has 0 bridgehead atoms. The van der Waals surface area contributed by atoms with E-state index in [9.17, 15) is 13.2 Å². The van der Waals surface area contributed by atoms with Crippen LogP contribution >= 0.6 is 0 Å². The van der Waals surface area contributed by atoms with Crippen LogP contribution in [0.3, 0.4) is 0 Å². The first-order valence-electron chi connectivity index (χ1n) is 13.8. The number of aromatic nitrogens is 2. The highest BCUT2D eigenvalue weighted by molar-refractivity contribution is 7.90. The van der Waals surface area contributed by atoms with Crippen LogP contribution in [0.2, 0.25) is 0 Å². The van der Waals surface area contributed by atoms with Gasteiger partial charge in [-0.05, 0) is 63.1 Å². The first kappa shape index (κ1) is 28.4. The molecule has 9 nitrogen and oxygen atoms in total. The summed E-state index contributed by atoms with van der Waals surface area (Å²) in [6, 6.07) is 17.9. The Kier molecular flexibility index (Phi) is 6.96. The standard InChI is InChI=1S/C33H32N2O7S/c1-19-11-13-23(14-12-19)43(37,38)34-18-26(24-9-7-8-10-27(24)34)30-21(3)35-20(2)15-22-16-28(39-4)29(40-5)17-25(22)31(35)32(30)42-33(36)41-6/h7-14,16-18,20H,15H2,1-6H3. The zero-order chi connectivity index (χ0) is 30.6. The van der Waals surface area contributed by atoms with Gasteiger partial charge >= 0.3 is 6.16 Å². The molecule has 1 atom stereocenters. The Morgan fingerprint density at radius 3 is 2.26 bits per heavy atom. The third-order valence-corrected chi connectivity index (χ3v) is 9.79. The fourth-order valence-corrected chi connectivity index (χ4v) is 7.49. The normalized spacial score (nSPS) is 14.2. The van der Waals surface area contributed by atoms with Crippen LogP contribution in [0.1, 0.15) is 29.8 Å². The van der Waals surface area contributed by atoms with Crippen molar-refractivity contribution >= 4 is 27.1 Å². The Labute approximate surface area is 250 Å². The number of aryl methyl sites for hydroxylation is 1. The van der Waals surface area contributed by atoms with Crippen molar-refractivity contribution in [2.45, 2.75) is 38.1 Å². The Bertz CT molecular complexity index is 2000. The summed E-state index contributed by atoms with van der Waals surface area (Å²) < 4.78 is 53.4. The minimum atomic E-state index is -3.95. The lowest BCUT2D eigenvalue weighted by atomic mass is 9.93. The summed E-state index contributed by atoms with van der Waals surface area (Å²) in [5.41, 5.74) is 5.98. The largest absolute Gasteiger partial charge is 0.513 e. The predicted octanol–water partition coefficient (Wildman–Crippen LogP) is 6.91. The van der Waals surface area contributed by atoms with E-state index in [1.807, 2.05) is 38.1 Å². The van der Waals surface area contributed by atoms with Crippen molar-refractivity contribution < 1.29 is 32.2 Å². The van der Waals surface area contributed by atoms with Gasteiger partial charge < -0.3 is 23.5 Å². The maximum Gasteiger partial charge on any atom is 0.513 e. The van der Waals surface area contributed by atoms with Crippen LogP contribution in [0, 0.1) is 13.8 Å². The number of rotatable bonds is 6. The lowest BCUT2D eigenvalue weighted by Gasteiger charge is -2.28. The van der Waals surface area contributed by atoms with Gasteiger partial charge in [-0.1, -0.05) is 35.9 Å². The van der Waals surface area contributed by atoms with Crippen molar-refractivity contribution in [1.82, 2.24) is 8.54 Å². The van der Waals surface area contributed by atoms with Gasteiger partial charge in [0.2, 0.25) is 0 Å². The Hall–Kier alpha value is -4.70. The smallest absolute Gasteiger partial charge is 0.493 e. The van der Waals surface area contributed by atoms with E-state index in [2.05, 4.69) is 11.5 Å². The van der Waals surface area contributed by atoms with Crippen LogP contribution < -0.4 is 14.2 Å². The lowest BCUT2D eigenvalue weighted by molar-refractivity contribution is 0.122. The van der Waals surface area contributed by atoms with Gasteiger partial charge in [0.15, 0.2) is 17.2 Å². The van der Waals surface area contributed by atoms with Gasteiger partial charge in [-0.15, -0.1) is 0 Å². The summed E-state index contributed by atoms with van der Waals surface area (Å²) >= 11 is 0. The summed E-state index contributed by atoms with van der Waals surface area (Å²) in [5.74, 6) is 1.41. The molecule has 6 rings (SSSR count). The molecule has 0 fully saturated rings. The second-order valence-corrected chi connectivity index (χ2v) is 12.5. The molecule has 0 spiro atoms. The Morgan fingerprint density at radius 2 is 1.58 bits per heavy atom. The molecule has 0 radical (unpaired) electrons. The molecule has 222 valence electrons. The molecule has 1 aliphatic rings. The second-order valence-electron chi connectivity index (χ2n) is 10.7. The van der Waals surface area contributed by atoms with Crippen molar-refractivity contribution in [3.63, 3.8) is 0 Å². The van der Waals surface area contributed by atoms with Gasteiger partial charge in [-0.25, -0.2) is 17.2 Å². The minimum absolute atomic E-state index is 0.0148. The van der Waals surface area contributed by atoms with Gasteiger partial charge in [0.25, 0.3) is 10.0 Å². The highest BCUT2D eigenvalue weighted by Gasteiger charge is 2.35. The van der Waals surface area contributed by atoms with Crippen LogP contribution in [0.25, 0.3) is 33.3 Å². The topological polar surface area (TPSA) is 98.0 Å². The molecule has 3 heterocycles. The molecular weight excluding hydrogens is 568 g/mol. The number of nitrogens with zero attached hydrogens (tertiary/aromatic N) is 2. The molecule has 0 aliphatic carbocycles. The zero-order valence-electron chi connectivity index (χ0n) is 24.8. The quantitative estimate of drug-likeness (QED) is 0.195. The number of carbonyl (C=O) groups excluding carboxylic acids is 1. The van der Waals surface area contributed by atoms with Crippen LogP contribution in [0.5, 0.6) is 17.2 Å². The number of benzene rings is 3.